The molecule has 0 spiro atoms. The van der Waals surface area contributed by atoms with Crippen molar-refractivity contribution in [1.82, 2.24) is 0 Å². The number of fused-ring (bicyclic) bond motifs is 3. The maximum Gasteiger partial charge on any atom is 0.230 e. The summed E-state index contributed by atoms with van der Waals surface area (Å²) >= 11 is 0. The zero-order chi connectivity index (χ0) is 11.8. The molecule has 2 aromatic rings. The van der Waals surface area contributed by atoms with Crippen molar-refractivity contribution in [2.45, 2.75) is 6.92 Å². The average Bonchev–Trinajstić information content (AvgIpc) is 2.47. The molecule has 3 heteroatoms. The molecular formula is C14H12O3. The van der Waals surface area contributed by atoms with Crippen LogP contribution in [0.2, 0.25) is 0 Å². The summed E-state index contributed by atoms with van der Waals surface area (Å²) in [7, 11) is 0. The summed E-state index contributed by atoms with van der Waals surface area (Å²) in [6, 6.07) is 11.1. The molecule has 0 saturated carbocycles. The van der Waals surface area contributed by atoms with Crippen LogP contribution in [0, 0.1) is 6.92 Å². The Morgan fingerprint density at radius 3 is 2.35 bits per heavy atom. The highest BCUT2D eigenvalue weighted by molar-refractivity contribution is 5.77. The van der Waals surface area contributed by atoms with Gasteiger partial charge in [-0.3, -0.25) is 0 Å². The van der Waals surface area contributed by atoms with Crippen molar-refractivity contribution < 1.29 is 14.6 Å². The lowest BCUT2D eigenvalue weighted by Crippen LogP contribution is -2.03. The maximum atomic E-state index is 9.45. The third-order valence-corrected chi connectivity index (χ3v) is 2.82. The summed E-state index contributed by atoms with van der Waals surface area (Å²) in [4.78, 5) is 0. The first kappa shape index (κ1) is 10.0. The van der Waals surface area contributed by atoms with Crippen LogP contribution >= 0.6 is 0 Å². The molecule has 1 aliphatic rings. The lowest BCUT2D eigenvalue weighted by Gasteiger charge is -2.07. The van der Waals surface area contributed by atoms with Crippen molar-refractivity contribution in [3.63, 3.8) is 0 Å². The fourth-order valence-electron chi connectivity index (χ4n) is 1.98. The molecular weight excluding hydrogens is 216 g/mol. The van der Waals surface area contributed by atoms with E-state index in [1.165, 1.54) is 0 Å². The van der Waals surface area contributed by atoms with Gasteiger partial charge in [-0.2, -0.15) is 0 Å². The Kier molecular flexibility index (Phi) is 2.18. The van der Waals surface area contributed by atoms with Crippen LogP contribution in [-0.2, 0) is 0 Å². The number of ether oxygens (including phenoxy) is 2. The zero-order valence-corrected chi connectivity index (χ0v) is 9.43. The Hall–Kier alpha value is -2.16. The molecule has 3 nitrogen and oxygen atoms in total. The van der Waals surface area contributed by atoms with Crippen LogP contribution < -0.4 is 9.47 Å². The molecule has 0 atom stereocenters. The molecule has 0 radical (unpaired) electrons. The molecule has 1 aliphatic heterocycles. The summed E-state index contributed by atoms with van der Waals surface area (Å²) in [5.41, 5.74) is 3.07. The Bertz CT molecular complexity index is 524. The highest BCUT2D eigenvalue weighted by Crippen LogP contribution is 2.40. The summed E-state index contributed by atoms with van der Waals surface area (Å²) in [5, 5.41) is 9.45. The van der Waals surface area contributed by atoms with E-state index in [0.717, 1.165) is 22.4 Å². The number of benzene rings is 2. The Labute approximate surface area is 99.2 Å². The van der Waals surface area contributed by atoms with Gasteiger partial charge in [0.1, 0.15) is 17.2 Å². The van der Waals surface area contributed by atoms with E-state index < -0.39 is 0 Å². The summed E-state index contributed by atoms with van der Waals surface area (Å²) in [6.45, 7) is 2.18. The van der Waals surface area contributed by atoms with Gasteiger partial charge in [0.15, 0.2) is 0 Å². The minimum atomic E-state index is 0.160. The predicted molar refractivity (Wildman–Crippen MR) is 64.4 cm³/mol. The monoisotopic (exact) mass is 228 g/mol. The third-order valence-electron chi connectivity index (χ3n) is 2.82. The van der Waals surface area contributed by atoms with Gasteiger partial charge in [0.25, 0.3) is 0 Å². The van der Waals surface area contributed by atoms with Gasteiger partial charge in [-0.15, -0.1) is 0 Å². The van der Waals surface area contributed by atoms with Gasteiger partial charge in [-0.1, -0.05) is 12.1 Å². The van der Waals surface area contributed by atoms with Crippen LogP contribution in [-0.4, -0.2) is 11.9 Å². The normalized spacial score (nSPS) is 12.8. The molecule has 0 amide bonds. The topological polar surface area (TPSA) is 38.7 Å². The number of aryl methyl sites for hydroxylation is 1. The van der Waals surface area contributed by atoms with Crippen LogP contribution in [0.15, 0.2) is 36.4 Å². The molecule has 0 saturated heterocycles. The summed E-state index contributed by atoms with van der Waals surface area (Å²) < 4.78 is 11.0. The number of hydrogen-bond donors (Lipinski definition) is 1. The number of phenolic OH excluding ortho intramolecular Hbond substituents is 1. The molecule has 0 bridgehead atoms. The third kappa shape index (κ3) is 1.69. The van der Waals surface area contributed by atoms with Gasteiger partial charge in [-0.05, 0) is 30.7 Å². The molecule has 17 heavy (non-hydrogen) atoms. The first-order valence-electron chi connectivity index (χ1n) is 5.44. The van der Waals surface area contributed by atoms with E-state index in [9.17, 15) is 5.11 Å². The van der Waals surface area contributed by atoms with E-state index in [0.29, 0.717) is 5.75 Å². The highest BCUT2D eigenvalue weighted by atomic mass is 16.7. The Balaban J connectivity index is 2.24. The van der Waals surface area contributed by atoms with Crippen LogP contribution in [0.25, 0.3) is 11.1 Å². The molecule has 0 aromatic heterocycles. The zero-order valence-electron chi connectivity index (χ0n) is 9.43. The number of hydrogen-bond acceptors (Lipinski definition) is 3. The van der Waals surface area contributed by atoms with E-state index in [1.54, 1.807) is 12.1 Å². The van der Waals surface area contributed by atoms with E-state index in [4.69, 9.17) is 9.47 Å². The fraction of sp³-hybridized carbons (Fsp3) is 0.143. The maximum absolute atomic E-state index is 9.45. The number of phenols is 1. The first-order chi connectivity index (χ1) is 8.24. The summed E-state index contributed by atoms with van der Waals surface area (Å²) in [6.07, 6.45) is 0. The first-order valence-corrected chi connectivity index (χ1v) is 5.44. The van der Waals surface area contributed by atoms with Crippen molar-refractivity contribution in [1.29, 1.82) is 0 Å². The Morgan fingerprint density at radius 1 is 0.941 bits per heavy atom. The standard InChI is InChI=1S/C14H12O3/c1-9-2-4-11-12-5-3-10(15)7-14(12)17-8-16-13(11)6-9/h2-7,15H,8H2,1H3. The van der Waals surface area contributed by atoms with Crippen LogP contribution in [0.5, 0.6) is 17.2 Å². The van der Waals surface area contributed by atoms with Crippen LogP contribution in [0.1, 0.15) is 5.56 Å². The van der Waals surface area contributed by atoms with Crippen molar-refractivity contribution in [2.75, 3.05) is 6.79 Å². The highest BCUT2D eigenvalue weighted by Gasteiger charge is 2.16. The predicted octanol–water partition coefficient (Wildman–Crippen LogP) is 3.10. The summed E-state index contributed by atoms with van der Waals surface area (Å²) in [5.74, 6) is 1.65. The van der Waals surface area contributed by atoms with E-state index in [2.05, 4.69) is 0 Å². The largest absolute Gasteiger partial charge is 0.508 e. The molecule has 1 N–H and O–H groups in total. The van der Waals surface area contributed by atoms with E-state index in [1.807, 2.05) is 31.2 Å². The average molecular weight is 228 g/mol. The van der Waals surface area contributed by atoms with Gasteiger partial charge in [0.05, 0.1) is 0 Å². The smallest absolute Gasteiger partial charge is 0.230 e. The molecule has 0 unspecified atom stereocenters. The molecule has 0 fully saturated rings. The van der Waals surface area contributed by atoms with Crippen molar-refractivity contribution in [3.05, 3.63) is 42.0 Å². The van der Waals surface area contributed by atoms with Gasteiger partial charge in [0, 0.05) is 17.2 Å². The minimum absolute atomic E-state index is 0.160. The number of rotatable bonds is 0. The lowest BCUT2D eigenvalue weighted by molar-refractivity contribution is 0.124. The molecule has 86 valence electrons. The van der Waals surface area contributed by atoms with Gasteiger partial charge in [-0.25, -0.2) is 0 Å². The second-order valence-corrected chi connectivity index (χ2v) is 4.09. The molecule has 2 aromatic carbocycles. The Morgan fingerprint density at radius 2 is 1.59 bits per heavy atom. The van der Waals surface area contributed by atoms with Crippen LogP contribution in [0.4, 0.5) is 0 Å². The number of aromatic hydroxyl groups is 1. The molecule has 1 heterocycles. The minimum Gasteiger partial charge on any atom is -0.508 e. The SMILES string of the molecule is Cc1ccc2c(c1)OCOc1cc(O)ccc1-2. The lowest BCUT2D eigenvalue weighted by atomic mass is 10.0. The van der Waals surface area contributed by atoms with Crippen molar-refractivity contribution >= 4 is 0 Å². The van der Waals surface area contributed by atoms with E-state index in [-0.39, 0.29) is 12.5 Å². The van der Waals surface area contributed by atoms with Gasteiger partial charge in [0.2, 0.25) is 6.79 Å². The second-order valence-electron chi connectivity index (χ2n) is 4.09. The van der Waals surface area contributed by atoms with E-state index >= 15 is 0 Å². The van der Waals surface area contributed by atoms with Crippen molar-refractivity contribution in [2.24, 2.45) is 0 Å². The van der Waals surface area contributed by atoms with Gasteiger partial charge >= 0.3 is 0 Å². The fourth-order valence-corrected chi connectivity index (χ4v) is 1.98. The van der Waals surface area contributed by atoms with Crippen LogP contribution in [0.3, 0.4) is 0 Å². The quantitative estimate of drug-likeness (QED) is 0.753. The second kappa shape index (κ2) is 3.70. The van der Waals surface area contributed by atoms with Gasteiger partial charge < -0.3 is 14.6 Å². The van der Waals surface area contributed by atoms with Crippen molar-refractivity contribution in [3.8, 4) is 28.4 Å². The molecule has 3 rings (SSSR count). The molecule has 0 aliphatic carbocycles.